The van der Waals surface area contributed by atoms with Crippen molar-refractivity contribution >= 4 is 29.0 Å². The standard InChI is InChI=1S/C25H26ClN3S/c1-16-6-8-18(9-7-16)15-30-22-14-21(25(3,4)5)27-24-23(17(2)28-29(22)24)19-10-12-20(26)13-11-19/h6-14H,15H2,1-5H3. The highest BCUT2D eigenvalue weighted by molar-refractivity contribution is 7.98. The number of nitrogens with zero attached hydrogens (tertiary/aromatic N) is 3. The molecular weight excluding hydrogens is 410 g/mol. The van der Waals surface area contributed by atoms with Gasteiger partial charge in [-0.2, -0.15) is 5.10 Å². The second kappa shape index (κ2) is 8.09. The van der Waals surface area contributed by atoms with Crippen LogP contribution >= 0.6 is 23.4 Å². The first-order valence-electron chi connectivity index (χ1n) is 10.1. The third-order valence-electron chi connectivity index (χ3n) is 5.14. The first kappa shape index (κ1) is 21.0. The van der Waals surface area contributed by atoms with Crippen molar-refractivity contribution in [3.63, 3.8) is 0 Å². The van der Waals surface area contributed by atoms with Crippen LogP contribution in [0.15, 0.2) is 59.6 Å². The molecule has 0 aliphatic carbocycles. The van der Waals surface area contributed by atoms with Crippen molar-refractivity contribution in [2.24, 2.45) is 0 Å². The molecule has 0 atom stereocenters. The molecule has 0 spiro atoms. The second-order valence-corrected chi connectivity index (χ2v) is 10.1. The molecule has 0 N–H and O–H groups in total. The maximum atomic E-state index is 6.11. The molecule has 2 heterocycles. The first-order chi connectivity index (χ1) is 14.2. The Morgan fingerprint density at radius 2 is 1.63 bits per heavy atom. The van der Waals surface area contributed by atoms with Crippen molar-refractivity contribution in [1.82, 2.24) is 14.6 Å². The van der Waals surface area contributed by atoms with Gasteiger partial charge in [-0.25, -0.2) is 9.50 Å². The van der Waals surface area contributed by atoms with E-state index in [0.717, 1.165) is 44.0 Å². The van der Waals surface area contributed by atoms with Crippen molar-refractivity contribution in [3.8, 4) is 11.1 Å². The monoisotopic (exact) mass is 435 g/mol. The lowest BCUT2D eigenvalue weighted by Crippen LogP contribution is -2.15. The van der Waals surface area contributed by atoms with E-state index in [2.05, 4.69) is 58.0 Å². The Morgan fingerprint density at radius 1 is 0.967 bits per heavy atom. The summed E-state index contributed by atoms with van der Waals surface area (Å²) in [7, 11) is 0. The molecule has 0 bridgehead atoms. The lowest BCUT2D eigenvalue weighted by molar-refractivity contribution is 0.563. The molecule has 0 aliphatic rings. The number of hydrogen-bond acceptors (Lipinski definition) is 3. The molecule has 5 heteroatoms. The number of aromatic nitrogens is 3. The van der Waals surface area contributed by atoms with Gasteiger partial charge in [-0.3, -0.25) is 0 Å². The van der Waals surface area contributed by atoms with Crippen LogP contribution < -0.4 is 0 Å². The van der Waals surface area contributed by atoms with E-state index >= 15 is 0 Å². The highest BCUT2D eigenvalue weighted by Gasteiger charge is 2.22. The fourth-order valence-corrected chi connectivity index (χ4v) is 4.46. The second-order valence-electron chi connectivity index (χ2n) is 8.71. The molecule has 154 valence electrons. The summed E-state index contributed by atoms with van der Waals surface area (Å²) < 4.78 is 1.99. The van der Waals surface area contributed by atoms with Gasteiger partial charge in [-0.05, 0) is 43.2 Å². The smallest absolute Gasteiger partial charge is 0.164 e. The zero-order valence-corrected chi connectivity index (χ0v) is 19.6. The van der Waals surface area contributed by atoms with E-state index in [-0.39, 0.29) is 5.41 Å². The lowest BCUT2D eigenvalue weighted by Gasteiger charge is -2.19. The van der Waals surface area contributed by atoms with E-state index < -0.39 is 0 Å². The molecule has 3 nitrogen and oxygen atoms in total. The average Bonchev–Trinajstić information content (AvgIpc) is 3.03. The summed E-state index contributed by atoms with van der Waals surface area (Å²) in [5.74, 6) is 0.887. The summed E-state index contributed by atoms with van der Waals surface area (Å²) in [5.41, 5.74) is 7.60. The van der Waals surface area contributed by atoms with Crippen LogP contribution in [0, 0.1) is 13.8 Å². The fourth-order valence-electron chi connectivity index (χ4n) is 3.38. The fraction of sp³-hybridized carbons (Fsp3) is 0.280. The van der Waals surface area contributed by atoms with E-state index in [0.29, 0.717) is 0 Å². The van der Waals surface area contributed by atoms with Gasteiger partial charge in [0.2, 0.25) is 0 Å². The molecule has 2 aromatic heterocycles. The highest BCUT2D eigenvalue weighted by atomic mass is 35.5. The molecule has 0 aliphatic heterocycles. The minimum absolute atomic E-state index is 0.0592. The Bertz CT molecular complexity index is 1190. The van der Waals surface area contributed by atoms with Gasteiger partial charge in [0.25, 0.3) is 0 Å². The number of benzene rings is 2. The van der Waals surface area contributed by atoms with Crippen LogP contribution in [0.4, 0.5) is 0 Å². The van der Waals surface area contributed by atoms with Gasteiger partial charge in [0.15, 0.2) is 5.65 Å². The Labute approximate surface area is 187 Å². The van der Waals surface area contributed by atoms with Gasteiger partial charge in [-0.15, -0.1) is 11.8 Å². The normalized spacial score (nSPS) is 11.9. The Hall–Kier alpha value is -2.30. The molecule has 0 amide bonds. The summed E-state index contributed by atoms with van der Waals surface area (Å²) in [6.07, 6.45) is 0. The van der Waals surface area contributed by atoms with Crippen LogP contribution in [-0.2, 0) is 11.2 Å². The van der Waals surface area contributed by atoms with Crippen LogP contribution in [0.3, 0.4) is 0 Å². The number of hydrogen-bond donors (Lipinski definition) is 0. The summed E-state index contributed by atoms with van der Waals surface area (Å²) >= 11 is 7.91. The lowest BCUT2D eigenvalue weighted by atomic mass is 9.92. The van der Waals surface area contributed by atoms with Crippen molar-refractivity contribution in [2.45, 2.75) is 50.8 Å². The number of aryl methyl sites for hydroxylation is 2. The third kappa shape index (κ3) is 4.26. The number of fused-ring (bicyclic) bond motifs is 1. The molecule has 4 rings (SSSR count). The van der Waals surface area contributed by atoms with Crippen LogP contribution in [0.25, 0.3) is 16.8 Å². The van der Waals surface area contributed by atoms with Crippen molar-refractivity contribution in [3.05, 3.63) is 82.1 Å². The Kier molecular flexibility index (Phi) is 5.65. The van der Waals surface area contributed by atoms with Crippen molar-refractivity contribution in [2.75, 3.05) is 0 Å². The van der Waals surface area contributed by atoms with Crippen LogP contribution in [-0.4, -0.2) is 14.6 Å². The van der Waals surface area contributed by atoms with Gasteiger partial charge < -0.3 is 0 Å². The summed E-state index contributed by atoms with van der Waals surface area (Å²) in [6.45, 7) is 10.8. The van der Waals surface area contributed by atoms with Crippen LogP contribution in [0.2, 0.25) is 5.02 Å². The zero-order valence-electron chi connectivity index (χ0n) is 18.0. The molecule has 0 saturated heterocycles. The minimum Gasteiger partial charge on any atom is -0.232 e. The van der Waals surface area contributed by atoms with E-state index in [1.165, 1.54) is 11.1 Å². The van der Waals surface area contributed by atoms with Crippen molar-refractivity contribution < 1.29 is 0 Å². The summed E-state index contributed by atoms with van der Waals surface area (Å²) in [5, 5.41) is 6.69. The molecule has 0 radical (unpaired) electrons. The average molecular weight is 436 g/mol. The highest BCUT2D eigenvalue weighted by Crippen LogP contribution is 2.34. The molecule has 0 fully saturated rings. The predicted octanol–water partition coefficient (Wildman–Crippen LogP) is 7.26. The van der Waals surface area contributed by atoms with Gasteiger partial charge in [0, 0.05) is 21.8 Å². The molecule has 0 saturated carbocycles. The van der Waals surface area contributed by atoms with E-state index in [1.54, 1.807) is 11.8 Å². The van der Waals surface area contributed by atoms with E-state index in [9.17, 15) is 0 Å². The quantitative estimate of drug-likeness (QED) is 0.249. The van der Waals surface area contributed by atoms with Gasteiger partial charge in [0.05, 0.1) is 11.4 Å². The maximum Gasteiger partial charge on any atom is 0.164 e. The third-order valence-corrected chi connectivity index (χ3v) is 6.46. The van der Waals surface area contributed by atoms with Gasteiger partial charge in [0.1, 0.15) is 5.03 Å². The summed E-state index contributed by atoms with van der Waals surface area (Å²) in [6, 6.07) is 18.8. The van der Waals surface area contributed by atoms with Gasteiger partial charge >= 0.3 is 0 Å². The largest absolute Gasteiger partial charge is 0.232 e. The SMILES string of the molecule is Cc1ccc(CSc2cc(C(C)(C)C)nc3c(-c4ccc(Cl)cc4)c(C)nn23)cc1. The van der Waals surface area contributed by atoms with Crippen LogP contribution in [0.1, 0.15) is 43.3 Å². The molecule has 30 heavy (non-hydrogen) atoms. The number of rotatable bonds is 4. The van der Waals surface area contributed by atoms with Crippen molar-refractivity contribution in [1.29, 1.82) is 0 Å². The zero-order chi connectivity index (χ0) is 21.5. The number of halogens is 1. The van der Waals surface area contributed by atoms with Crippen LogP contribution in [0.5, 0.6) is 0 Å². The molecular formula is C25H26ClN3S. The predicted molar refractivity (Wildman–Crippen MR) is 128 cm³/mol. The Balaban J connectivity index is 1.83. The maximum absolute atomic E-state index is 6.11. The molecule has 0 unspecified atom stereocenters. The van der Waals surface area contributed by atoms with E-state index in [1.807, 2.05) is 35.7 Å². The topological polar surface area (TPSA) is 30.2 Å². The first-order valence-corrected chi connectivity index (χ1v) is 11.4. The molecule has 2 aromatic carbocycles. The Morgan fingerprint density at radius 3 is 2.27 bits per heavy atom. The van der Waals surface area contributed by atoms with E-state index in [4.69, 9.17) is 21.7 Å². The number of thioether (sulfide) groups is 1. The van der Waals surface area contributed by atoms with Gasteiger partial charge in [-0.1, -0.05) is 74.3 Å². The molecule has 4 aromatic rings. The minimum atomic E-state index is -0.0592. The summed E-state index contributed by atoms with van der Waals surface area (Å²) in [4.78, 5) is 5.05.